The van der Waals surface area contributed by atoms with E-state index in [1.807, 2.05) is 0 Å². The summed E-state index contributed by atoms with van der Waals surface area (Å²) in [5.41, 5.74) is 0. The van der Waals surface area contributed by atoms with Crippen LogP contribution in [-0.4, -0.2) is 0 Å². The van der Waals surface area contributed by atoms with Crippen LogP contribution in [-0.2, 0) is 20.4 Å². The largest absolute Gasteiger partial charge is 0.328 e. The monoisotopic (exact) mass is 337 g/mol. The molecular weight excluding hydrogens is 306 g/mol. The number of hydrogen-bond donors (Lipinski definition) is 0. The van der Waals surface area contributed by atoms with Crippen LogP contribution in [0.5, 0.6) is 0 Å². The van der Waals surface area contributed by atoms with E-state index < -0.39 is 0 Å². The van der Waals surface area contributed by atoms with Crippen LogP contribution in [0.25, 0.3) is 0 Å². The second-order valence-electron chi connectivity index (χ2n) is 4.93. The maximum atomic E-state index is 2.39. The van der Waals surface area contributed by atoms with E-state index in [0.717, 1.165) is 0 Å². The molecule has 1 fully saturated rings. The second kappa shape index (κ2) is 21.4. The molecule has 1 saturated carbocycles. The Labute approximate surface area is 122 Å². The zero-order chi connectivity index (χ0) is 11.4. The fourth-order valence-corrected chi connectivity index (χ4v) is 0.898. The zero-order valence-corrected chi connectivity index (χ0v) is 15.1. The molecule has 1 aliphatic rings. The van der Waals surface area contributed by atoms with Crippen molar-refractivity contribution in [1.82, 2.24) is 0 Å². The molecule has 1 rings (SSSR count). The van der Waals surface area contributed by atoms with Crippen molar-refractivity contribution < 1.29 is 20.4 Å². The molecule has 1 aliphatic carbocycles. The minimum Gasteiger partial charge on any atom is -0.328 e. The van der Waals surface area contributed by atoms with Crippen molar-refractivity contribution in [1.29, 1.82) is 0 Å². The molecule has 0 saturated heterocycles. The fraction of sp³-hybridized carbons (Fsp3) is 0.786. The van der Waals surface area contributed by atoms with Crippen molar-refractivity contribution in [2.75, 3.05) is 0 Å². The van der Waals surface area contributed by atoms with Gasteiger partial charge in [0, 0.05) is 20.4 Å². The van der Waals surface area contributed by atoms with E-state index in [9.17, 15) is 0 Å². The first-order valence-corrected chi connectivity index (χ1v) is 5.82. The molecule has 106 valence electrons. The standard InChI is InChI=1S/C6H11.2C4H9.H3P.Pd/c1-2-4-6-5-3-1;2*1-4(2)3;;/h1H,2-6H2;2*1-3H3;1H3;/q3*-1;;. The van der Waals surface area contributed by atoms with E-state index in [4.69, 9.17) is 0 Å². The van der Waals surface area contributed by atoms with E-state index >= 15 is 0 Å². The summed E-state index contributed by atoms with van der Waals surface area (Å²) in [6, 6.07) is 0. The van der Waals surface area contributed by atoms with Crippen LogP contribution in [0, 0.1) is 18.3 Å². The van der Waals surface area contributed by atoms with Gasteiger partial charge in [0.2, 0.25) is 0 Å². The zero-order valence-electron chi connectivity index (χ0n) is 12.1. The Hall–Kier alpha value is 1.09. The van der Waals surface area contributed by atoms with E-state index in [1.54, 1.807) is 0 Å². The molecule has 0 aliphatic heterocycles. The fourth-order valence-electron chi connectivity index (χ4n) is 0.898. The van der Waals surface area contributed by atoms with E-state index in [-0.39, 0.29) is 30.3 Å². The van der Waals surface area contributed by atoms with Gasteiger partial charge in [0.1, 0.15) is 0 Å². The summed E-state index contributed by atoms with van der Waals surface area (Å²) in [7, 11) is 0. The first kappa shape index (κ1) is 25.8. The van der Waals surface area contributed by atoms with Gasteiger partial charge in [0.25, 0.3) is 0 Å². The van der Waals surface area contributed by atoms with Gasteiger partial charge in [-0.1, -0.05) is 19.3 Å². The van der Waals surface area contributed by atoms with E-state index in [2.05, 4.69) is 48.0 Å². The van der Waals surface area contributed by atoms with E-state index in [0.29, 0.717) is 0 Å². The van der Waals surface area contributed by atoms with Gasteiger partial charge in [0.15, 0.2) is 0 Å². The first-order chi connectivity index (χ1) is 6.46. The molecular formula is C14H32PPd-3. The molecule has 0 radical (unpaired) electrons. The third kappa shape index (κ3) is 59.6. The van der Waals surface area contributed by atoms with Crippen molar-refractivity contribution in [3.63, 3.8) is 0 Å². The minimum atomic E-state index is 0. The van der Waals surface area contributed by atoms with Gasteiger partial charge >= 0.3 is 0 Å². The van der Waals surface area contributed by atoms with E-state index in [1.165, 1.54) is 43.9 Å². The summed E-state index contributed by atoms with van der Waals surface area (Å²) in [4.78, 5) is 0. The molecule has 0 aromatic heterocycles. The maximum absolute atomic E-state index is 2.39. The van der Waals surface area contributed by atoms with Crippen molar-refractivity contribution in [3.05, 3.63) is 18.3 Å². The molecule has 1 unspecified atom stereocenters. The van der Waals surface area contributed by atoms with Crippen molar-refractivity contribution in [3.8, 4) is 0 Å². The average Bonchev–Trinajstić information content (AvgIpc) is 2.05. The Morgan fingerprint density at radius 1 is 0.688 bits per heavy atom. The molecule has 0 aromatic rings. The summed E-state index contributed by atoms with van der Waals surface area (Å²) in [6.07, 6.45) is 9.50. The molecule has 0 nitrogen and oxygen atoms in total. The smallest absolute Gasteiger partial charge is 0 e. The Bertz CT molecular complexity index is 65.7. The summed E-state index contributed by atoms with van der Waals surface area (Å²) in [5, 5.41) is 0. The van der Waals surface area contributed by atoms with Gasteiger partial charge < -0.3 is 18.3 Å². The summed E-state index contributed by atoms with van der Waals surface area (Å²) in [6.45, 7) is 12.5. The average molecular weight is 338 g/mol. The molecule has 2 heteroatoms. The predicted molar refractivity (Wildman–Crippen MR) is 79.0 cm³/mol. The molecule has 0 N–H and O–H groups in total. The molecule has 0 spiro atoms. The minimum absolute atomic E-state index is 0. The summed E-state index contributed by atoms with van der Waals surface area (Å²) >= 11 is 0. The number of rotatable bonds is 0. The molecule has 1 atom stereocenters. The van der Waals surface area contributed by atoms with Crippen LogP contribution in [0.2, 0.25) is 0 Å². The van der Waals surface area contributed by atoms with Gasteiger partial charge in [-0.15, -0.1) is 0 Å². The van der Waals surface area contributed by atoms with Crippen LogP contribution < -0.4 is 0 Å². The van der Waals surface area contributed by atoms with Gasteiger partial charge in [-0.25, -0.2) is 0 Å². The predicted octanol–water partition coefficient (Wildman–Crippen LogP) is 5.45. The summed E-state index contributed by atoms with van der Waals surface area (Å²) < 4.78 is 0. The van der Waals surface area contributed by atoms with Gasteiger partial charge in [-0.3, -0.25) is 0 Å². The van der Waals surface area contributed by atoms with Gasteiger partial charge in [-0.2, -0.15) is 64.3 Å². The Morgan fingerprint density at radius 2 is 0.938 bits per heavy atom. The molecule has 0 bridgehead atoms. The quantitative estimate of drug-likeness (QED) is 0.313. The van der Waals surface area contributed by atoms with Crippen LogP contribution in [0.1, 0.15) is 73.6 Å². The topological polar surface area (TPSA) is 0 Å². The van der Waals surface area contributed by atoms with Crippen LogP contribution in [0.3, 0.4) is 0 Å². The molecule has 0 aromatic carbocycles. The molecule has 0 heterocycles. The van der Waals surface area contributed by atoms with Crippen molar-refractivity contribution >= 4 is 9.90 Å². The Balaban J connectivity index is -0.0000000660. The van der Waals surface area contributed by atoms with Crippen LogP contribution in [0.4, 0.5) is 0 Å². The van der Waals surface area contributed by atoms with Crippen molar-refractivity contribution in [2.45, 2.75) is 73.6 Å². The SMILES string of the molecule is C[C-](C)C.C[C-](C)C.P.[CH-]1CCCCC1.[Pd]. The maximum Gasteiger partial charge on any atom is 0 e. The first-order valence-electron chi connectivity index (χ1n) is 5.82. The van der Waals surface area contributed by atoms with Crippen LogP contribution in [0.15, 0.2) is 0 Å². The van der Waals surface area contributed by atoms with Gasteiger partial charge in [-0.05, 0) is 0 Å². The Morgan fingerprint density at radius 3 is 1.00 bits per heavy atom. The Kier molecular flexibility index (Phi) is 34.5. The van der Waals surface area contributed by atoms with Crippen molar-refractivity contribution in [2.24, 2.45) is 0 Å². The number of hydrogen-bond acceptors (Lipinski definition) is 0. The third-order valence-electron chi connectivity index (χ3n) is 1.32. The summed E-state index contributed by atoms with van der Waals surface area (Å²) in [5.74, 6) is 2.83. The molecule has 0 amide bonds. The third-order valence-corrected chi connectivity index (χ3v) is 1.32. The van der Waals surface area contributed by atoms with Crippen LogP contribution >= 0.6 is 9.90 Å². The molecule has 16 heavy (non-hydrogen) atoms. The second-order valence-corrected chi connectivity index (χ2v) is 4.93. The normalized spacial score (nSPS) is 13.5. The van der Waals surface area contributed by atoms with Gasteiger partial charge in [0.05, 0.1) is 0 Å².